The lowest BCUT2D eigenvalue weighted by Gasteiger charge is -2.18. The highest BCUT2D eigenvalue weighted by Crippen LogP contribution is 2.18. The molecule has 0 heterocycles. The first kappa shape index (κ1) is 72.1. The minimum atomic E-state index is -0.536. The van der Waals surface area contributed by atoms with Crippen molar-refractivity contribution < 1.29 is 23.8 Å². The summed E-state index contributed by atoms with van der Waals surface area (Å²) in [6, 6.07) is 0. The molecule has 1 atom stereocenters. The van der Waals surface area contributed by atoms with E-state index in [1.165, 1.54) is 289 Å². The van der Waals surface area contributed by atoms with E-state index in [0.29, 0.717) is 26.1 Å². The highest BCUT2D eigenvalue weighted by molar-refractivity contribution is 5.70. The largest absolute Gasteiger partial charge is 0.462 e. The van der Waals surface area contributed by atoms with Gasteiger partial charge in [-0.1, -0.05) is 314 Å². The number of unbranched alkanes of at least 4 members (excludes halogenated alkanes) is 46. The molecule has 0 fully saturated rings. The predicted octanol–water partition coefficient (Wildman–Crippen LogP) is 23.3. The summed E-state index contributed by atoms with van der Waals surface area (Å²) >= 11 is 0. The van der Waals surface area contributed by atoms with Crippen LogP contribution in [0.15, 0.2) is 36.5 Å². The Morgan fingerprint density at radius 2 is 0.568 bits per heavy atom. The Kier molecular flexibility index (Phi) is 63.7. The van der Waals surface area contributed by atoms with Crippen LogP contribution >= 0.6 is 0 Å². The molecule has 0 rings (SSSR count). The number of allylic oxidation sites excluding steroid dienone is 6. The third kappa shape index (κ3) is 62.7. The maximum atomic E-state index is 12.9. The SMILES string of the molecule is CCCCC/C=C\C/C=C\CCCCCCCCCCCCOCC(COC(=O)CCCCCCCCCCC/C=C\CCCCCCCC)OC(=O)CCCCCCCCCCCCCCCCCCCCC. The van der Waals surface area contributed by atoms with Gasteiger partial charge >= 0.3 is 11.9 Å². The second-order valence-corrected chi connectivity index (χ2v) is 22.7. The Hall–Kier alpha value is -1.88. The highest BCUT2D eigenvalue weighted by atomic mass is 16.6. The molecule has 0 aromatic rings. The zero-order valence-electron chi connectivity index (χ0n) is 50.4. The topological polar surface area (TPSA) is 61.8 Å². The van der Waals surface area contributed by atoms with Crippen molar-refractivity contribution in [1.82, 2.24) is 0 Å². The monoisotopic (exact) mass is 1040 g/mol. The molecule has 0 aliphatic rings. The summed E-state index contributed by atoms with van der Waals surface area (Å²) in [4.78, 5) is 25.7. The molecule has 0 aliphatic carbocycles. The lowest BCUT2D eigenvalue weighted by molar-refractivity contribution is -0.163. The summed E-state index contributed by atoms with van der Waals surface area (Å²) in [6.07, 6.45) is 81.9. The first-order chi connectivity index (χ1) is 36.6. The van der Waals surface area contributed by atoms with Crippen molar-refractivity contribution in [1.29, 1.82) is 0 Å². The van der Waals surface area contributed by atoms with Gasteiger partial charge in [-0.05, 0) is 77.0 Å². The van der Waals surface area contributed by atoms with Crippen LogP contribution in [0.2, 0.25) is 0 Å². The van der Waals surface area contributed by atoms with E-state index in [1.807, 2.05) is 0 Å². The fourth-order valence-electron chi connectivity index (χ4n) is 10.1. The van der Waals surface area contributed by atoms with Crippen LogP contribution in [0, 0.1) is 0 Å². The van der Waals surface area contributed by atoms with Crippen LogP contribution in [0.4, 0.5) is 0 Å². The Morgan fingerprint density at radius 3 is 0.932 bits per heavy atom. The van der Waals surface area contributed by atoms with Crippen LogP contribution in [-0.4, -0.2) is 37.9 Å². The van der Waals surface area contributed by atoms with E-state index in [9.17, 15) is 9.59 Å². The van der Waals surface area contributed by atoms with Crippen molar-refractivity contribution in [2.75, 3.05) is 19.8 Å². The van der Waals surface area contributed by atoms with Gasteiger partial charge in [0.25, 0.3) is 0 Å². The van der Waals surface area contributed by atoms with Crippen molar-refractivity contribution in [3.05, 3.63) is 36.5 Å². The van der Waals surface area contributed by atoms with Crippen molar-refractivity contribution >= 4 is 11.9 Å². The molecule has 1 unspecified atom stereocenters. The van der Waals surface area contributed by atoms with Gasteiger partial charge in [0.15, 0.2) is 6.10 Å². The minimum absolute atomic E-state index is 0.0895. The molecule has 74 heavy (non-hydrogen) atoms. The molecule has 0 aromatic heterocycles. The van der Waals surface area contributed by atoms with Gasteiger partial charge in [0.2, 0.25) is 0 Å². The van der Waals surface area contributed by atoms with Gasteiger partial charge in [0, 0.05) is 19.4 Å². The van der Waals surface area contributed by atoms with Gasteiger partial charge < -0.3 is 14.2 Å². The Balaban J connectivity index is 4.23. The highest BCUT2D eigenvalue weighted by Gasteiger charge is 2.18. The van der Waals surface area contributed by atoms with Crippen molar-refractivity contribution in [3.8, 4) is 0 Å². The molecular formula is C69H130O5. The van der Waals surface area contributed by atoms with E-state index in [2.05, 4.69) is 57.2 Å². The molecule has 5 heteroatoms. The standard InChI is InChI=1S/C69H130O5/c1-4-7-10-13-16-19-22-25-28-31-34-37-40-43-46-49-52-55-58-61-64-72-65-67(74-69(71)63-60-57-54-51-48-45-42-39-36-33-30-27-24-21-18-15-12-9-6-3)66-73-68(70)62-59-56-53-50-47-44-41-38-35-32-29-26-23-20-17-14-11-8-5-2/h16,19,25-26,28-29,67H,4-15,17-18,20-24,27,30-66H2,1-3H3/b19-16-,28-25-,29-26-. The lowest BCUT2D eigenvalue weighted by Crippen LogP contribution is -2.30. The predicted molar refractivity (Wildman–Crippen MR) is 325 cm³/mol. The third-order valence-corrected chi connectivity index (χ3v) is 15.1. The van der Waals surface area contributed by atoms with E-state index >= 15 is 0 Å². The minimum Gasteiger partial charge on any atom is -0.462 e. The molecular weight excluding hydrogens is 909 g/mol. The van der Waals surface area contributed by atoms with Crippen molar-refractivity contribution in [2.45, 2.75) is 374 Å². The molecule has 0 N–H and O–H groups in total. The smallest absolute Gasteiger partial charge is 0.306 e. The second-order valence-electron chi connectivity index (χ2n) is 22.7. The third-order valence-electron chi connectivity index (χ3n) is 15.1. The van der Waals surface area contributed by atoms with E-state index in [0.717, 1.165) is 44.9 Å². The summed E-state index contributed by atoms with van der Waals surface area (Å²) < 4.78 is 17.6. The van der Waals surface area contributed by atoms with Crippen molar-refractivity contribution in [2.24, 2.45) is 0 Å². The zero-order valence-corrected chi connectivity index (χ0v) is 50.4. The number of carbonyl (C=O) groups excluding carboxylic acids is 2. The van der Waals surface area contributed by atoms with Crippen LogP contribution < -0.4 is 0 Å². The molecule has 0 aromatic carbocycles. The normalized spacial score (nSPS) is 12.3. The van der Waals surface area contributed by atoms with Gasteiger partial charge in [0.05, 0.1) is 6.61 Å². The first-order valence-electron chi connectivity index (χ1n) is 33.5. The average Bonchev–Trinajstić information content (AvgIpc) is 3.40. The van der Waals surface area contributed by atoms with Crippen molar-refractivity contribution in [3.63, 3.8) is 0 Å². The van der Waals surface area contributed by atoms with Gasteiger partial charge in [0.1, 0.15) is 6.61 Å². The second kappa shape index (κ2) is 65.4. The molecule has 0 spiro atoms. The molecule has 436 valence electrons. The maximum absolute atomic E-state index is 12.9. The fourth-order valence-corrected chi connectivity index (χ4v) is 10.1. The quantitative estimate of drug-likeness (QED) is 0.0345. The van der Waals surface area contributed by atoms with Gasteiger partial charge in [-0.3, -0.25) is 9.59 Å². The van der Waals surface area contributed by atoms with Gasteiger partial charge in [-0.25, -0.2) is 0 Å². The number of esters is 2. The molecule has 0 amide bonds. The number of ether oxygens (including phenoxy) is 3. The molecule has 0 radical (unpaired) electrons. The van der Waals surface area contributed by atoms with Gasteiger partial charge in [-0.2, -0.15) is 0 Å². The molecule has 0 aliphatic heterocycles. The number of hydrogen-bond donors (Lipinski definition) is 0. The Morgan fingerprint density at radius 1 is 0.297 bits per heavy atom. The molecule has 0 saturated heterocycles. The van der Waals surface area contributed by atoms with E-state index in [-0.39, 0.29) is 18.5 Å². The Bertz CT molecular complexity index is 1170. The van der Waals surface area contributed by atoms with E-state index in [4.69, 9.17) is 14.2 Å². The van der Waals surface area contributed by atoms with E-state index in [1.54, 1.807) is 0 Å². The number of carbonyl (C=O) groups is 2. The van der Waals surface area contributed by atoms with Crippen LogP contribution in [0.25, 0.3) is 0 Å². The van der Waals surface area contributed by atoms with Crippen LogP contribution in [0.1, 0.15) is 367 Å². The van der Waals surface area contributed by atoms with E-state index < -0.39 is 6.10 Å². The van der Waals surface area contributed by atoms with Crippen LogP contribution in [-0.2, 0) is 23.8 Å². The molecule has 0 saturated carbocycles. The zero-order chi connectivity index (χ0) is 53.4. The summed E-state index contributed by atoms with van der Waals surface area (Å²) in [5, 5.41) is 0. The Labute approximate surface area is 463 Å². The summed E-state index contributed by atoms with van der Waals surface area (Å²) in [6.45, 7) is 7.88. The summed E-state index contributed by atoms with van der Waals surface area (Å²) in [5.41, 5.74) is 0. The van der Waals surface area contributed by atoms with Gasteiger partial charge in [-0.15, -0.1) is 0 Å². The number of hydrogen-bond acceptors (Lipinski definition) is 5. The average molecular weight is 1040 g/mol. The van der Waals surface area contributed by atoms with Crippen LogP contribution in [0.5, 0.6) is 0 Å². The molecule has 0 bridgehead atoms. The molecule has 5 nitrogen and oxygen atoms in total. The summed E-state index contributed by atoms with van der Waals surface area (Å²) in [5.74, 6) is -0.375. The summed E-state index contributed by atoms with van der Waals surface area (Å²) in [7, 11) is 0. The fraction of sp³-hybridized carbons (Fsp3) is 0.884. The van der Waals surface area contributed by atoms with Crippen LogP contribution in [0.3, 0.4) is 0 Å². The maximum Gasteiger partial charge on any atom is 0.306 e. The first-order valence-corrected chi connectivity index (χ1v) is 33.5. The number of rotatable bonds is 63. The lowest BCUT2D eigenvalue weighted by atomic mass is 10.0.